The lowest BCUT2D eigenvalue weighted by molar-refractivity contribution is -0.141. The minimum absolute atomic E-state index is 0.00387. The molecule has 17 heteroatoms. The monoisotopic (exact) mass is 854 g/mol. The number of ether oxygens (including phenoxy) is 1. The van der Waals surface area contributed by atoms with E-state index in [1.165, 1.54) is 19.0 Å². The van der Waals surface area contributed by atoms with Crippen LogP contribution in [-0.2, 0) is 41.6 Å². The van der Waals surface area contributed by atoms with Crippen molar-refractivity contribution in [2.75, 3.05) is 26.0 Å². The maximum absolute atomic E-state index is 14.2. The number of aromatic nitrogens is 1. The molecule has 3 aromatic carbocycles. The first-order valence-corrected chi connectivity index (χ1v) is 20.4. The number of rotatable bonds is 20. The normalized spacial score (nSPS) is 13.1. The topological polar surface area (TPSA) is 240 Å². The highest BCUT2D eigenvalue weighted by Crippen LogP contribution is 2.20. The molecule has 0 bridgehead atoms. The summed E-state index contributed by atoms with van der Waals surface area (Å²) in [6, 6.07) is 17.8. The third-order valence-electron chi connectivity index (χ3n) is 9.69. The number of aryl methyl sites for hydroxylation is 1. The van der Waals surface area contributed by atoms with Crippen LogP contribution in [0.1, 0.15) is 63.1 Å². The van der Waals surface area contributed by atoms with E-state index in [1.54, 1.807) is 69.4 Å². The number of benzene rings is 3. The average molecular weight is 855 g/mol. The van der Waals surface area contributed by atoms with Gasteiger partial charge in [-0.15, -0.1) is 0 Å². The van der Waals surface area contributed by atoms with E-state index in [0.717, 1.165) is 22.0 Å². The molecule has 0 aliphatic rings. The number of hydrogen-bond acceptors (Lipinski definition) is 8. The quantitative estimate of drug-likeness (QED) is 0.0595. The van der Waals surface area contributed by atoms with Gasteiger partial charge in [0.25, 0.3) is 0 Å². The first-order chi connectivity index (χ1) is 29.4. The predicted octanol–water partition coefficient (Wildman–Crippen LogP) is 4.16. The number of aromatic amines is 1. The zero-order chi connectivity index (χ0) is 45.4. The van der Waals surface area contributed by atoms with Crippen molar-refractivity contribution >= 4 is 58.3 Å². The molecular formula is C45H58N8O9. The number of hydrogen-bond donors (Lipinski definition) is 8. The molecule has 0 radical (unpaired) electrons. The van der Waals surface area contributed by atoms with Gasteiger partial charge in [-0.05, 0) is 75.8 Å². The molecule has 0 spiro atoms. The fourth-order valence-corrected chi connectivity index (χ4v) is 6.57. The van der Waals surface area contributed by atoms with Crippen molar-refractivity contribution in [2.24, 2.45) is 0 Å². The van der Waals surface area contributed by atoms with Gasteiger partial charge in [0.15, 0.2) is 0 Å². The number of carboxylic acids is 1. The molecule has 1 aromatic heterocycles. The maximum atomic E-state index is 14.2. The molecule has 0 unspecified atom stereocenters. The van der Waals surface area contributed by atoms with Crippen molar-refractivity contribution < 1.29 is 43.4 Å². The molecule has 4 aromatic rings. The number of nitrogens with one attached hydrogen (secondary N) is 7. The molecule has 0 aliphatic heterocycles. The Morgan fingerprint density at radius 3 is 2.02 bits per heavy atom. The number of amides is 7. The number of H-pyrrole nitrogens is 1. The van der Waals surface area contributed by atoms with E-state index in [2.05, 4.69) is 36.9 Å². The third kappa shape index (κ3) is 15.3. The summed E-state index contributed by atoms with van der Waals surface area (Å²) in [7, 11) is 3.04. The summed E-state index contributed by atoms with van der Waals surface area (Å²) in [4.78, 5) is 97.5. The van der Waals surface area contributed by atoms with Crippen LogP contribution in [0.3, 0.4) is 0 Å². The summed E-state index contributed by atoms with van der Waals surface area (Å²) < 4.78 is 5.47. The SMILES string of the molecule is Cc1ccccc1NC(=O)NCCCC[C@H](NC(=O)[C@H](Cc1c[nH]c2ccccc12)NC(=O)OC(C)(C)C)C(=O)N[C@@H](CC(=O)O)C(=O)N[C@@H](Cc1ccccc1)C(=O)N(C)C. The lowest BCUT2D eigenvalue weighted by atomic mass is 10.0. The molecule has 4 atom stereocenters. The number of unbranched alkanes of at least 4 members (excludes halogenated alkanes) is 1. The highest BCUT2D eigenvalue weighted by atomic mass is 16.6. The van der Waals surface area contributed by atoms with Gasteiger partial charge in [0, 0.05) is 56.3 Å². The van der Waals surface area contributed by atoms with E-state index < -0.39 is 77.9 Å². The first-order valence-electron chi connectivity index (χ1n) is 20.4. The number of nitrogens with zero attached hydrogens (tertiary/aromatic N) is 1. The van der Waals surface area contributed by atoms with Crippen molar-refractivity contribution in [2.45, 2.75) is 96.0 Å². The van der Waals surface area contributed by atoms with Crippen LogP contribution < -0.4 is 31.9 Å². The number of carbonyl (C=O) groups excluding carboxylic acids is 6. The Bertz CT molecular complexity index is 2180. The lowest BCUT2D eigenvalue weighted by Crippen LogP contribution is -2.59. The van der Waals surface area contributed by atoms with E-state index in [4.69, 9.17) is 4.74 Å². The minimum atomic E-state index is -1.65. The smallest absolute Gasteiger partial charge is 0.408 e. The van der Waals surface area contributed by atoms with Crippen LogP contribution in [0.4, 0.5) is 15.3 Å². The number of urea groups is 1. The Kier molecular flexibility index (Phi) is 17.4. The minimum Gasteiger partial charge on any atom is -0.481 e. The van der Waals surface area contributed by atoms with Gasteiger partial charge in [-0.2, -0.15) is 0 Å². The molecule has 17 nitrogen and oxygen atoms in total. The fraction of sp³-hybridized carbons (Fsp3) is 0.400. The van der Waals surface area contributed by atoms with Crippen LogP contribution in [0, 0.1) is 6.92 Å². The zero-order valence-electron chi connectivity index (χ0n) is 36.0. The summed E-state index contributed by atoms with van der Waals surface area (Å²) in [6.07, 6.45) is 0.729. The highest BCUT2D eigenvalue weighted by molar-refractivity contribution is 5.97. The second-order valence-corrected chi connectivity index (χ2v) is 16.2. The number of aliphatic carboxylic acids is 1. The molecule has 0 fully saturated rings. The van der Waals surface area contributed by atoms with Crippen LogP contribution in [0.2, 0.25) is 0 Å². The second kappa shape index (κ2) is 22.6. The summed E-state index contributed by atoms with van der Waals surface area (Å²) in [5, 5.41) is 26.6. The molecule has 4 rings (SSSR count). The largest absolute Gasteiger partial charge is 0.481 e. The van der Waals surface area contributed by atoms with Crippen LogP contribution in [0.15, 0.2) is 85.1 Å². The van der Waals surface area contributed by atoms with Gasteiger partial charge in [-0.3, -0.25) is 24.0 Å². The van der Waals surface area contributed by atoms with E-state index in [0.29, 0.717) is 17.7 Å². The number of anilines is 1. The number of carboxylic acid groups (broad SMARTS) is 1. The van der Waals surface area contributed by atoms with Gasteiger partial charge in [-0.25, -0.2) is 9.59 Å². The molecule has 0 aliphatic carbocycles. The molecular weight excluding hydrogens is 797 g/mol. The van der Waals surface area contributed by atoms with Gasteiger partial charge in [0.1, 0.15) is 29.8 Å². The predicted molar refractivity (Wildman–Crippen MR) is 234 cm³/mol. The highest BCUT2D eigenvalue weighted by Gasteiger charge is 2.33. The Labute approximate surface area is 361 Å². The summed E-state index contributed by atoms with van der Waals surface area (Å²) in [5.74, 6) is -4.41. The first kappa shape index (κ1) is 47.8. The van der Waals surface area contributed by atoms with E-state index in [-0.39, 0.29) is 32.2 Å². The zero-order valence-corrected chi connectivity index (χ0v) is 36.0. The molecule has 7 amide bonds. The number of fused-ring (bicyclic) bond motifs is 1. The Morgan fingerprint density at radius 2 is 1.34 bits per heavy atom. The Hall–Kier alpha value is -6.91. The van der Waals surface area contributed by atoms with Gasteiger partial charge < -0.3 is 51.6 Å². The molecule has 0 saturated heterocycles. The molecule has 332 valence electrons. The van der Waals surface area contributed by atoms with Crippen molar-refractivity contribution in [3.05, 3.63) is 102 Å². The van der Waals surface area contributed by atoms with E-state index in [9.17, 15) is 38.7 Å². The fourth-order valence-electron chi connectivity index (χ4n) is 6.57. The van der Waals surface area contributed by atoms with Crippen molar-refractivity contribution in [3.63, 3.8) is 0 Å². The van der Waals surface area contributed by atoms with Gasteiger partial charge in [0.2, 0.25) is 23.6 Å². The molecule has 8 N–H and O–H groups in total. The second-order valence-electron chi connectivity index (χ2n) is 16.2. The standard InChI is InChI=1S/C45H58N8O9/c1-28-16-10-12-20-32(28)51-43(60)46-23-15-14-22-34(48-40(57)35(52-44(61)62-45(2,3)4)25-30-27-47-33-21-13-11-19-31(30)33)39(56)49-36(26-38(54)55)41(58)50-37(42(59)53(5)6)24-29-17-8-7-9-18-29/h7-13,16-21,27,34-37,47H,14-15,22-26H2,1-6H3,(H,48,57)(H,49,56)(H,50,58)(H,52,61)(H,54,55)(H2,46,51,60)/t34-,35-,36-,37-/m0/s1. The molecule has 0 saturated carbocycles. The van der Waals surface area contributed by atoms with E-state index in [1.807, 2.05) is 43.3 Å². The summed E-state index contributed by atoms with van der Waals surface area (Å²) in [5.41, 5.74) is 2.86. The van der Waals surface area contributed by atoms with Crippen LogP contribution >= 0.6 is 0 Å². The molecule has 1 heterocycles. The Balaban J connectivity index is 1.56. The van der Waals surface area contributed by atoms with Crippen LogP contribution in [0.5, 0.6) is 0 Å². The van der Waals surface area contributed by atoms with E-state index >= 15 is 0 Å². The van der Waals surface area contributed by atoms with Crippen molar-refractivity contribution in [1.29, 1.82) is 0 Å². The van der Waals surface area contributed by atoms with Gasteiger partial charge >= 0.3 is 18.1 Å². The van der Waals surface area contributed by atoms with Gasteiger partial charge in [-0.1, -0.05) is 66.7 Å². The number of carbonyl (C=O) groups is 7. The Morgan fingerprint density at radius 1 is 0.726 bits per heavy atom. The number of para-hydroxylation sites is 2. The summed E-state index contributed by atoms with van der Waals surface area (Å²) >= 11 is 0. The third-order valence-corrected chi connectivity index (χ3v) is 9.69. The van der Waals surface area contributed by atoms with Crippen LogP contribution in [0.25, 0.3) is 10.9 Å². The lowest BCUT2D eigenvalue weighted by Gasteiger charge is -2.27. The maximum Gasteiger partial charge on any atom is 0.408 e. The number of likely N-dealkylation sites (N-methyl/N-ethyl adjacent to an activating group) is 1. The summed E-state index contributed by atoms with van der Waals surface area (Å²) in [6.45, 7) is 7.09. The average Bonchev–Trinajstić information content (AvgIpc) is 3.61. The van der Waals surface area contributed by atoms with Gasteiger partial charge in [0.05, 0.1) is 6.42 Å². The number of alkyl carbamates (subject to hydrolysis) is 1. The van der Waals surface area contributed by atoms with Crippen molar-refractivity contribution in [3.8, 4) is 0 Å². The van der Waals surface area contributed by atoms with Crippen molar-refractivity contribution in [1.82, 2.24) is 36.5 Å². The van der Waals surface area contributed by atoms with Crippen LogP contribution in [-0.4, -0.2) is 107 Å². The molecule has 62 heavy (non-hydrogen) atoms.